The second kappa shape index (κ2) is 11.3. The summed E-state index contributed by atoms with van der Waals surface area (Å²) >= 11 is 3.48. The molecule has 0 spiro atoms. The Bertz CT molecular complexity index is 1270. The maximum Gasteiger partial charge on any atom is 0.255 e. The molecule has 1 fully saturated rings. The third-order valence-electron chi connectivity index (χ3n) is 7.62. The molecule has 2 aromatic heterocycles. The molecule has 3 atom stereocenters. The standard InChI is InChI=1S/C28H38BrN5O3Si/c1-28(2,3)38(5,6)37-22-12-24(25(13-22)36-17-18-7-9-21(29)10-8-18)33-27(35)23-11-19(14-31-26(23)30)20-15-32-34(4)16-20/h7-11,14-16,22,24-25H,12-13,17H2,1-6H3,(H2,30,31)(H,33,35)/t22-,24-,25-/m0/s1. The monoisotopic (exact) mass is 599 g/mol. The summed E-state index contributed by atoms with van der Waals surface area (Å²) in [5, 5.41) is 7.50. The number of hydrogen-bond acceptors (Lipinski definition) is 6. The fraction of sp³-hybridized carbons (Fsp3) is 0.464. The van der Waals surface area contributed by atoms with Crippen LogP contribution in [0.1, 0.15) is 49.5 Å². The second-order valence-electron chi connectivity index (χ2n) is 11.6. The van der Waals surface area contributed by atoms with Crippen molar-refractivity contribution in [1.82, 2.24) is 20.1 Å². The first-order valence-corrected chi connectivity index (χ1v) is 16.6. The SMILES string of the molecule is Cn1cc(-c2cnc(N)c(C(=O)N[C@H]3C[C@H](O[Si](C)(C)C(C)(C)C)C[C@@H]3OCc3ccc(Br)cc3)c2)cn1. The van der Waals surface area contributed by atoms with Gasteiger partial charge in [0.05, 0.1) is 30.5 Å². The highest BCUT2D eigenvalue weighted by molar-refractivity contribution is 9.10. The lowest BCUT2D eigenvalue weighted by Gasteiger charge is -2.38. The van der Waals surface area contributed by atoms with Crippen LogP contribution in [-0.4, -0.2) is 47.2 Å². The largest absolute Gasteiger partial charge is 0.414 e. The van der Waals surface area contributed by atoms with E-state index >= 15 is 0 Å². The third kappa shape index (κ3) is 6.72. The summed E-state index contributed by atoms with van der Waals surface area (Å²) in [6.07, 6.45) is 6.49. The van der Waals surface area contributed by atoms with Crippen molar-refractivity contribution >= 4 is 36.0 Å². The van der Waals surface area contributed by atoms with Crippen LogP contribution in [0.4, 0.5) is 5.82 Å². The van der Waals surface area contributed by atoms with Crippen molar-refractivity contribution in [1.29, 1.82) is 0 Å². The molecule has 3 aromatic rings. The number of nitrogens with one attached hydrogen (secondary N) is 1. The normalized spacial score (nSPS) is 20.0. The van der Waals surface area contributed by atoms with E-state index in [1.54, 1.807) is 23.1 Å². The minimum atomic E-state index is -1.99. The van der Waals surface area contributed by atoms with E-state index < -0.39 is 8.32 Å². The summed E-state index contributed by atoms with van der Waals surface area (Å²) in [5.41, 5.74) is 9.21. The maximum atomic E-state index is 13.5. The van der Waals surface area contributed by atoms with E-state index in [9.17, 15) is 4.79 Å². The van der Waals surface area contributed by atoms with Gasteiger partial charge in [-0.3, -0.25) is 9.48 Å². The lowest BCUT2D eigenvalue weighted by atomic mass is 10.1. The number of aromatic nitrogens is 3. The average Bonchev–Trinajstić information content (AvgIpc) is 3.43. The smallest absolute Gasteiger partial charge is 0.255 e. The Balaban J connectivity index is 1.52. The van der Waals surface area contributed by atoms with Crippen molar-refractivity contribution < 1.29 is 14.0 Å². The van der Waals surface area contributed by atoms with Crippen LogP contribution in [0.25, 0.3) is 11.1 Å². The first-order valence-electron chi connectivity index (χ1n) is 12.9. The molecule has 0 aliphatic heterocycles. The highest BCUT2D eigenvalue weighted by Crippen LogP contribution is 2.40. The number of anilines is 1. The first-order chi connectivity index (χ1) is 17.8. The minimum Gasteiger partial charge on any atom is -0.414 e. The first kappa shape index (κ1) is 28.5. The Labute approximate surface area is 234 Å². The number of hydrogen-bond donors (Lipinski definition) is 2. The molecular formula is C28H38BrN5O3Si. The van der Waals surface area contributed by atoms with Crippen molar-refractivity contribution in [3.63, 3.8) is 0 Å². The zero-order chi connectivity index (χ0) is 27.7. The van der Waals surface area contributed by atoms with Gasteiger partial charge in [-0.25, -0.2) is 4.98 Å². The van der Waals surface area contributed by atoms with Gasteiger partial charge in [-0.05, 0) is 48.3 Å². The van der Waals surface area contributed by atoms with Crippen LogP contribution >= 0.6 is 15.9 Å². The fourth-order valence-corrected chi connectivity index (χ4v) is 6.04. The Kier molecular flexibility index (Phi) is 8.46. The van der Waals surface area contributed by atoms with Gasteiger partial charge < -0.3 is 20.2 Å². The van der Waals surface area contributed by atoms with Crippen LogP contribution < -0.4 is 11.1 Å². The van der Waals surface area contributed by atoms with Crippen LogP contribution in [0.3, 0.4) is 0 Å². The highest BCUT2D eigenvalue weighted by atomic mass is 79.9. The number of nitrogens with zero attached hydrogens (tertiary/aromatic N) is 3. The molecule has 1 amide bonds. The fourth-order valence-electron chi connectivity index (χ4n) is 4.40. The summed E-state index contributed by atoms with van der Waals surface area (Å²) in [6.45, 7) is 11.7. The van der Waals surface area contributed by atoms with Crippen LogP contribution in [0, 0.1) is 0 Å². The van der Waals surface area contributed by atoms with E-state index in [-0.39, 0.29) is 35.0 Å². The van der Waals surface area contributed by atoms with E-state index in [0.717, 1.165) is 27.6 Å². The van der Waals surface area contributed by atoms with Crippen molar-refractivity contribution in [2.45, 2.75) is 76.6 Å². The number of halogens is 1. The van der Waals surface area contributed by atoms with Gasteiger partial charge in [-0.2, -0.15) is 5.10 Å². The van der Waals surface area contributed by atoms with Gasteiger partial charge in [0.25, 0.3) is 5.91 Å². The number of ether oxygens (including phenoxy) is 1. The Morgan fingerprint density at radius 1 is 1.18 bits per heavy atom. The molecule has 1 aliphatic carbocycles. The molecule has 1 aliphatic rings. The van der Waals surface area contributed by atoms with Crippen molar-refractivity contribution in [2.24, 2.45) is 7.05 Å². The van der Waals surface area contributed by atoms with Gasteiger partial charge in [-0.1, -0.05) is 48.8 Å². The van der Waals surface area contributed by atoms with E-state index in [0.29, 0.717) is 18.6 Å². The molecular weight excluding hydrogens is 562 g/mol. The predicted octanol–water partition coefficient (Wildman–Crippen LogP) is 5.69. The minimum absolute atomic E-state index is 0.00769. The van der Waals surface area contributed by atoms with Gasteiger partial charge >= 0.3 is 0 Å². The number of nitrogen functional groups attached to an aromatic ring is 1. The number of carbonyl (C=O) groups is 1. The van der Waals surface area contributed by atoms with Crippen LogP contribution in [0.2, 0.25) is 18.1 Å². The molecule has 10 heteroatoms. The van der Waals surface area contributed by atoms with Crippen molar-refractivity contribution in [3.05, 3.63) is 64.5 Å². The average molecular weight is 601 g/mol. The molecule has 38 heavy (non-hydrogen) atoms. The molecule has 3 N–H and O–H groups in total. The predicted molar refractivity (Wildman–Crippen MR) is 156 cm³/mol. The summed E-state index contributed by atoms with van der Waals surface area (Å²) in [7, 11) is -0.144. The molecule has 4 rings (SSSR count). The number of rotatable bonds is 8. The Morgan fingerprint density at radius 3 is 2.53 bits per heavy atom. The topological polar surface area (TPSA) is 104 Å². The number of benzene rings is 1. The zero-order valence-electron chi connectivity index (χ0n) is 23.0. The molecule has 0 unspecified atom stereocenters. The molecule has 8 nitrogen and oxygen atoms in total. The number of pyridine rings is 1. The van der Waals surface area contributed by atoms with Crippen LogP contribution in [0.5, 0.6) is 0 Å². The van der Waals surface area contributed by atoms with Gasteiger partial charge in [0.1, 0.15) is 5.82 Å². The molecule has 0 bridgehead atoms. The van der Waals surface area contributed by atoms with Gasteiger partial charge in [0.2, 0.25) is 0 Å². The van der Waals surface area contributed by atoms with Crippen molar-refractivity contribution in [3.8, 4) is 11.1 Å². The lowest BCUT2D eigenvalue weighted by Crippen LogP contribution is -2.44. The molecule has 1 saturated carbocycles. The summed E-state index contributed by atoms with van der Waals surface area (Å²) in [5.74, 6) is -0.0782. The van der Waals surface area contributed by atoms with Gasteiger partial charge in [0.15, 0.2) is 8.32 Å². The lowest BCUT2D eigenvalue weighted by molar-refractivity contribution is 0.0221. The van der Waals surface area contributed by atoms with E-state index in [1.165, 1.54) is 0 Å². The Morgan fingerprint density at radius 2 is 1.89 bits per heavy atom. The summed E-state index contributed by atoms with van der Waals surface area (Å²) in [4.78, 5) is 17.8. The molecule has 204 valence electrons. The number of aryl methyl sites for hydroxylation is 1. The number of amides is 1. The number of nitrogens with two attached hydrogens (primary N) is 1. The number of carbonyl (C=O) groups excluding carboxylic acids is 1. The van der Waals surface area contributed by atoms with Crippen molar-refractivity contribution in [2.75, 3.05) is 5.73 Å². The highest BCUT2D eigenvalue weighted by Gasteiger charge is 2.44. The summed E-state index contributed by atoms with van der Waals surface area (Å²) in [6, 6.07) is 9.63. The Hall–Kier alpha value is -2.53. The third-order valence-corrected chi connectivity index (χ3v) is 12.7. The molecule has 0 saturated heterocycles. The van der Waals surface area contributed by atoms with Crippen LogP contribution in [-0.2, 0) is 22.8 Å². The van der Waals surface area contributed by atoms with E-state index in [1.807, 2.05) is 37.5 Å². The second-order valence-corrected chi connectivity index (χ2v) is 17.3. The quantitative estimate of drug-likeness (QED) is 0.322. The van der Waals surface area contributed by atoms with E-state index in [4.69, 9.17) is 14.9 Å². The van der Waals surface area contributed by atoms with Crippen LogP contribution in [0.15, 0.2) is 53.4 Å². The molecule has 2 heterocycles. The van der Waals surface area contributed by atoms with Gasteiger partial charge in [-0.15, -0.1) is 0 Å². The zero-order valence-corrected chi connectivity index (χ0v) is 25.6. The maximum absolute atomic E-state index is 13.5. The van der Waals surface area contributed by atoms with E-state index in [2.05, 4.69) is 65.2 Å². The van der Waals surface area contributed by atoms with Gasteiger partial charge in [0, 0.05) is 47.6 Å². The molecule has 0 radical (unpaired) electrons. The summed E-state index contributed by atoms with van der Waals surface area (Å²) < 4.78 is 15.9. The molecule has 1 aromatic carbocycles.